The van der Waals surface area contributed by atoms with Crippen molar-refractivity contribution >= 4 is 5.82 Å². The molecule has 0 radical (unpaired) electrons. The van der Waals surface area contributed by atoms with Gasteiger partial charge >= 0.3 is 0 Å². The van der Waals surface area contributed by atoms with Gasteiger partial charge in [0.25, 0.3) is 0 Å². The Balaban J connectivity index is 2.24. The third-order valence-corrected chi connectivity index (χ3v) is 3.32. The van der Waals surface area contributed by atoms with Crippen molar-refractivity contribution in [3.63, 3.8) is 0 Å². The lowest BCUT2D eigenvalue weighted by atomic mass is 10.1. The molecule has 0 aromatic carbocycles. The van der Waals surface area contributed by atoms with Crippen LogP contribution < -0.4 is 4.90 Å². The van der Waals surface area contributed by atoms with Gasteiger partial charge in [0.05, 0.1) is 25.4 Å². The van der Waals surface area contributed by atoms with Gasteiger partial charge in [-0.15, -0.1) is 0 Å². The molecule has 0 saturated carbocycles. The lowest BCUT2D eigenvalue weighted by Gasteiger charge is -2.37. The van der Waals surface area contributed by atoms with Gasteiger partial charge in [0.1, 0.15) is 5.82 Å². The Morgan fingerprint density at radius 2 is 2.16 bits per heavy atom. The van der Waals surface area contributed by atoms with Crippen LogP contribution in [0.2, 0.25) is 0 Å². The van der Waals surface area contributed by atoms with Crippen LogP contribution in [-0.2, 0) is 17.8 Å². The van der Waals surface area contributed by atoms with E-state index >= 15 is 0 Å². The molecule has 1 aliphatic heterocycles. The topological polar surface area (TPSA) is 65.8 Å². The fraction of sp³-hybridized carbons (Fsp3) is 0.643. The van der Waals surface area contributed by atoms with Gasteiger partial charge < -0.3 is 19.8 Å². The molecular weight excluding hydrogens is 244 g/mol. The summed E-state index contributed by atoms with van der Waals surface area (Å²) < 4.78 is 5.63. The van der Waals surface area contributed by atoms with Gasteiger partial charge in [-0.2, -0.15) is 0 Å². The van der Waals surface area contributed by atoms with E-state index in [1.54, 1.807) is 0 Å². The number of nitrogens with zero attached hydrogens (tertiary/aromatic N) is 2. The minimum Gasteiger partial charge on any atom is -0.394 e. The predicted molar refractivity (Wildman–Crippen MR) is 73.2 cm³/mol. The molecule has 5 heteroatoms. The van der Waals surface area contributed by atoms with Gasteiger partial charge in [0.2, 0.25) is 0 Å². The minimum atomic E-state index is -0.173. The third kappa shape index (κ3) is 3.43. The van der Waals surface area contributed by atoms with Crippen LogP contribution >= 0.6 is 0 Å². The molecule has 1 aromatic rings. The summed E-state index contributed by atoms with van der Waals surface area (Å²) in [5.41, 5.74) is 1.85. The van der Waals surface area contributed by atoms with Crippen molar-refractivity contribution < 1.29 is 14.9 Å². The molecule has 0 aliphatic carbocycles. The number of hydrogen-bond acceptors (Lipinski definition) is 5. The normalized spacial score (nSPS) is 23.7. The summed E-state index contributed by atoms with van der Waals surface area (Å²) in [6.07, 6.45) is 0.730. The second kappa shape index (κ2) is 6.32. The summed E-state index contributed by atoms with van der Waals surface area (Å²) in [7, 11) is 0. The average Bonchev–Trinajstić information content (AvgIpc) is 2.45. The first kappa shape index (κ1) is 14.2. The molecule has 2 atom stereocenters. The highest BCUT2D eigenvalue weighted by Crippen LogP contribution is 2.21. The molecule has 0 bridgehead atoms. The minimum absolute atomic E-state index is 0.0150. The van der Waals surface area contributed by atoms with Gasteiger partial charge in [0.15, 0.2) is 0 Å². The molecule has 2 unspecified atom stereocenters. The van der Waals surface area contributed by atoms with E-state index in [0.717, 1.165) is 30.0 Å². The first-order chi connectivity index (χ1) is 9.16. The maximum Gasteiger partial charge on any atom is 0.129 e. The van der Waals surface area contributed by atoms with E-state index in [1.807, 2.05) is 26.0 Å². The Hall–Kier alpha value is -1.17. The number of aryl methyl sites for hydroxylation is 1. The number of aliphatic hydroxyl groups is 2. The molecule has 0 amide bonds. The zero-order chi connectivity index (χ0) is 13.8. The van der Waals surface area contributed by atoms with Crippen LogP contribution in [0.5, 0.6) is 0 Å². The number of anilines is 1. The number of hydrogen-bond donors (Lipinski definition) is 2. The van der Waals surface area contributed by atoms with Crippen LogP contribution in [0.3, 0.4) is 0 Å². The van der Waals surface area contributed by atoms with Gasteiger partial charge in [-0.1, -0.05) is 6.92 Å². The highest BCUT2D eigenvalue weighted by Gasteiger charge is 2.25. The fourth-order valence-electron chi connectivity index (χ4n) is 2.40. The standard InChI is InChI=1S/C14H22N2O3/c1-3-12-4-11(8-17)5-14(15-12)16-6-10(2)19-13(7-16)9-18/h4-5,10,13,17-18H,3,6-9H2,1-2H3. The third-order valence-electron chi connectivity index (χ3n) is 3.32. The van der Waals surface area contributed by atoms with Crippen molar-refractivity contribution in [3.8, 4) is 0 Å². The van der Waals surface area contributed by atoms with Gasteiger partial charge in [-0.3, -0.25) is 0 Å². The predicted octanol–water partition coefficient (Wildman–Crippen LogP) is 0.722. The van der Waals surface area contributed by atoms with Crippen molar-refractivity contribution in [3.05, 3.63) is 23.4 Å². The van der Waals surface area contributed by atoms with E-state index in [2.05, 4.69) is 9.88 Å². The second-order valence-electron chi connectivity index (χ2n) is 4.99. The van der Waals surface area contributed by atoms with Crippen LogP contribution in [-0.4, -0.2) is 47.1 Å². The maximum atomic E-state index is 9.32. The maximum absolute atomic E-state index is 9.32. The molecule has 106 valence electrons. The highest BCUT2D eigenvalue weighted by atomic mass is 16.5. The molecule has 2 N–H and O–H groups in total. The Bertz CT molecular complexity index is 403. The van der Waals surface area contributed by atoms with Crippen LogP contribution in [0.25, 0.3) is 0 Å². The molecule has 5 nitrogen and oxygen atoms in total. The zero-order valence-corrected chi connectivity index (χ0v) is 11.5. The van der Waals surface area contributed by atoms with E-state index in [0.29, 0.717) is 6.54 Å². The quantitative estimate of drug-likeness (QED) is 0.841. The molecule has 1 aromatic heterocycles. The monoisotopic (exact) mass is 266 g/mol. The van der Waals surface area contributed by atoms with Crippen molar-refractivity contribution in [1.82, 2.24) is 4.98 Å². The van der Waals surface area contributed by atoms with Gasteiger partial charge in [0, 0.05) is 18.8 Å². The molecule has 1 saturated heterocycles. The Morgan fingerprint density at radius 3 is 2.79 bits per heavy atom. The SMILES string of the molecule is CCc1cc(CO)cc(N2CC(C)OC(CO)C2)n1. The fourth-order valence-corrected chi connectivity index (χ4v) is 2.40. The number of ether oxygens (including phenoxy) is 1. The van der Waals surface area contributed by atoms with Crippen LogP contribution in [0, 0.1) is 0 Å². The molecule has 0 spiro atoms. The zero-order valence-electron chi connectivity index (χ0n) is 11.5. The summed E-state index contributed by atoms with van der Waals surface area (Å²) in [5, 5.41) is 18.6. The van der Waals surface area contributed by atoms with Gasteiger partial charge in [-0.05, 0) is 31.0 Å². The smallest absolute Gasteiger partial charge is 0.129 e. The van der Waals surface area contributed by atoms with Crippen LogP contribution in [0.1, 0.15) is 25.1 Å². The van der Waals surface area contributed by atoms with Crippen molar-refractivity contribution in [1.29, 1.82) is 0 Å². The van der Waals surface area contributed by atoms with E-state index in [9.17, 15) is 10.2 Å². The number of aromatic nitrogens is 1. The lowest BCUT2D eigenvalue weighted by Crippen LogP contribution is -2.48. The molecule has 1 aliphatic rings. The Kier molecular flexibility index (Phi) is 4.74. The number of pyridine rings is 1. The first-order valence-electron chi connectivity index (χ1n) is 6.78. The highest BCUT2D eigenvalue weighted by molar-refractivity contribution is 5.43. The number of rotatable bonds is 4. The lowest BCUT2D eigenvalue weighted by molar-refractivity contribution is -0.0423. The summed E-state index contributed by atoms with van der Waals surface area (Å²) >= 11 is 0. The average molecular weight is 266 g/mol. The molecule has 19 heavy (non-hydrogen) atoms. The molecule has 1 fully saturated rings. The van der Waals surface area contributed by atoms with Crippen molar-refractivity contribution in [2.45, 2.75) is 39.1 Å². The number of aliphatic hydroxyl groups excluding tert-OH is 2. The second-order valence-corrected chi connectivity index (χ2v) is 4.99. The number of morpholine rings is 1. The van der Waals surface area contributed by atoms with Gasteiger partial charge in [-0.25, -0.2) is 4.98 Å². The summed E-state index contributed by atoms with van der Waals surface area (Å²) in [6.45, 7) is 5.46. The summed E-state index contributed by atoms with van der Waals surface area (Å²) in [5.74, 6) is 0.858. The summed E-state index contributed by atoms with van der Waals surface area (Å²) in [6, 6.07) is 3.84. The summed E-state index contributed by atoms with van der Waals surface area (Å²) in [4.78, 5) is 6.72. The molecule has 2 heterocycles. The van der Waals surface area contributed by atoms with E-state index in [-0.39, 0.29) is 25.4 Å². The van der Waals surface area contributed by atoms with E-state index in [1.165, 1.54) is 0 Å². The van der Waals surface area contributed by atoms with E-state index < -0.39 is 0 Å². The largest absolute Gasteiger partial charge is 0.394 e. The Labute approximate surface area is 113 Å². The van der Waals surface area contributed by atoms with Crippen LogP contribution in [0.15, 0.2) is 12.1 Å². The molecular formula is C14H22N2O3. The van der Waals surface area contributed by atoms with E-state index in [4.69, 9.17) is 4.74 Å². The van der Waals surface area contributed by atoms with Crippen LogP contribution in [0.4, 0.5) is 5.82 Å². The van der Waals surface area contributed by atoms with Crippen molar-refractivity contribution in [2.24, 2.45) is 0 Å². The first-order valence-corrected chi connectivity index (χ1v) is 6.78. The molecule has 2 rings (SSSR count). The Morgan fingerprint density at radius 1 is 1.37 bits per heavy atom. The van der Waals surface area contributed by atoms with Crippen molar-refractivity contribution in [2.75, 3.05) is 24.6 Å².